The van der Waals surface area contributed by atoms with Gasteiger partial charge in [0, 0.05) is 11.6 Å². The van der Waals surface area contributed by atoms with Gasteiger partial charge in [-0.25, -0.2) is 4.21 Å². The quantitative estimate of drug-likeness (QED) is 0.372. The summed E-state index contributed by atoms with van der Waals surface area (Å²) < 4.78 is 20.8. The Morgan fingerprint density at radius 3 is 2.43 bits per heavy atom. The lowest BCUT2D eigenvalue weighted by Gasteiger charge is -2.34. The number of nitro groups is 1. The summed E-state index contributed by atoms with van der Waals surface area (Å²) in [6, 6.07) is 2.67. The fourth-order valence-corrected chi connectivity index (χ4v) is 4.45. The van der Waals surface area contributed by atoms with Crippen molar-refractivity contribution in [2.24, 2.45) is 0 Å². The van der Waals surface area contributed by atoms with Crippen molar-refractivity contribution in [2.75, 3.05) is 0 Å². The maximum Gasteiger partial charge on any atom is 0.274 e. The molecule has 1 aromatic carbocycles. The molecule has 1 unspecified atom stereocenters. The summed E-state index contributed by atoms with van der Waals surface area (Å²) >= 11 is 3.29. The Labute approximate surface area is 141 Å². The first kappa shape index (κ1) is 18.0. The van der Waals surface area contributed by atoms with Gasteiger partial charge < -0.3 is 4.55 Å². The molecule has 1 aromatic rings. The third kappa shape index (κ3) is 3.32. The number of hydrogen-bond donors (Lipinski definition) is 1. The zero-order chi connectivity index (χ0) is 17.2. The molecule has 1 atom stereocenters. The second-order valence-corrected chi connectivity index (χ2v) is 7.34. The number of halogens is 1. The Bertz CT molecular complexity index is 670. The van der Waals surface area contributed by atoms with Crippen molar-refractivity contribution in [3.63, 3.8) is 0 Å². The van der Waals surface area contributed by atoms with Gasteiger partial charge in [-0.05, 0) is 42.5 Å². The number of aryl methyl sites for hydroxylation is 1. The number of nitro benzene ring substituents is 1. The Morgan fingerprint density at radius 2 is 2.00 bits per heavy atom. The van der Waals surface area contributed by atoms with Crippen LogP contribution in [0.1, 0.15) is 60.5 Å². The summed E-state index contributed by atoms with van der Waals surface area (Å²) in [5.41, 5.74) is 0.567. The Morgan fingerprint density at radius 1 is 1.39 bits per heavy atom. The first-order valence-electron chi connectivity index (χ1n) is 7.46. The maximum atomic E-state index is 12.1. The van der Waals surface area contributed by atoms with Gasteiger partial charge in [0.05, 0.1) is 10.5 Å². The maximum absolute atomic E-state index is 12.1. The minimum Gasteiger partial charge on any atom is -0.305 e. The van der Waals surface area contributed by atoms with Gasteiger partial charge >= 0.3 is 0 Å². The highest BCUT2D eigenvalue weighted by Crippen LogP contribution is 2.46. The first-order valence-corrected chi connectivity index (χ1v) is 8.94. The zero-order valence-electron chi connectivity index (χ0n) is 12.7. The Hall–Kier alpha value is -1.31. The fraction of sp³-hybridized carbons (Fsp3) is 0.533. The molecule has 0 radical (unpaired) electrons. The van der Waals surface area contributed by atoms with Gasteiger partial charge in [-0.15, -0.1) is 0 Å². The van der Waals surface area contributed by atoms with Crippen LogP contribution < -0.4 is 0 Å². The van der Waals surface area contributed by atoms with Crippen LogP contribution in [0, 0.1) is 10.1 Å². The van der Waals surface area contributed by atoms with Crippen LogP contribution in [-0.2, 0) is 22.2 Å². The van der Waals surface area contributed by atoms with E-state index in [4.69, 9.17) is 11.6 Å². The first-order chi connectivity index (χ1) is 10.8. The second-order valence-electron chi connectivity index (χ2n) is 5.71. The minimum absolute atomic E-state index is 0.0827. The standard InChI is InChI=1S/C15H18ClNO5S/c1-2-10-8-12(13(17(19)20)9-11(10)14(16)18)15(23(21)22)6-4-3-5-7-15/h8-9H,2-7H2,1H3,(H,21,22). The van der Waals surface area contributed by atoms with Crippen LogP contribution in [0.5, 0.6) is 0 Å². The van der Waals surface area contributed by atoms with Gasteiger partial charge in [0.1, 0.15) is 4.75 Å². The highest BCUT2D eigenvalue weighted by atomic mass is 35.5. The van der Waals surface area contributed by atoms with Crippen molar-refractivity contribution < 1.29 is 18.5 Å². The van der Waals surface area contributed by atoms with Gasteiger partial charge in [-0.3, -0.25) is 14.9 Å². The second kappa shape index (κ2) is 7.07. The molecular formula is C15H18ClNO5S. The summed E-state index contributed by atoms with van der Waals surface area (Å²) in [4.78, 5) is 22.4. The van der Waals surface area contributed by atoms with E-state index in [0.717, 1.165) is 25.3 Å². The smallest absolute Gasteiger partial charge is 0.274 e. The molecule has 1 fully saturated rings. The van der Waals surface area contributed by atoms with Crippen molar-refractivity contribution in [3.05, 3.63) is 38.9 Å². The number of carbonyl (C=O) groups excluding carboxylic acids is 1. The van der Waals surface area contributed by atoms with Gasteiger partial charge in [-0.2, -0.15) is 0 Å². The normalized spacial score (nSPS) is 18.4. The van der Waals surface area contributed by atoms with E-state index < -0.39 is 26.0 Å². The van der Waals surface area contributed by atoms with Crippen molar-refractivity contribution in [1.82, 2.24) is 0 Å². The summed E-state index contributed by atoms with van der Waals surface area (Å²) in [7, 11) is 0. The molecule has 1 saturated carbocycles. The fourth-order valence-electron chi connectivity index (χ4n) is 3.29. The summed E-state index contributed by atoms with van der Waals surface area (Å²) in [6.45, 7) is 1.80. The average Bonchev–Trinajstić information content (AvgIpc) is 2.53. The van der Waals surface area contributed by atoms with Crippen LogP contribution in [0.15, 0.2) is 12.1 Å². The Balaban J connectivity index is 2.75. The van der Waals surface area contributed by atoms with Crippen LogP contribution in [0.3, 0.4) is 0 Å². The van der Waals surface area contributed by atoms with Crippen molar-refractivity contribution >= 4 is 33.6 Å². The number of rotatable bonds is 5. The van der Waals surface area contributed by atoms with E-state index in [1.807, 2.05) is 0 Å². The topological polar surface area (TPSA) is 97.5 Å². The highest BCUT2D eigenvalue weighted by Gasteiger charge is 2.44. The van der Waals surface area contributed by atoms with Gasteiger partial charge in [0.25, 0.3) is 10.9 Å². The molecular weight excluding hydrogens is 342 g/mol. The highest BCUT2D eigenvalue weighted by molar-refractivity contribution is 7.80. The summed E-state index contributed by atoms with van der Waals surface area (Å²) in [5, 5.41) is 10.7. The molecule has 1 aliphatic rings. The van der Waals surface area contributed by atoms with E-state index in [1.54, 1.807) is 6.92 Å². The van der Waals surface area contributed by atoms with E-state index in [1.165, 1.54) is 6.07 Å². The monoisotopic (exact) mass is 359 g/mol. The predicted molar refractivity (Wildman–Crippen MR) is 88.2 cm³/mol. The van der Waals surface area contributed by atoms with E-state index in [2.05, 4.69) is 0 Å². The van der Waals surface area contributed by atoms with Crippen LogP contribution in [-0.4, -0.2) is 18.9 Å². The lowest BCUT2D eigenvalue weighted by Crippen LogP contribution is -2.34. The van der Waals surface area contributed by atoms with Crippen LogP contribution in [0.4, 0.5) is 5.69 Å². The molecule has 0 saturated heterocycles. The molecule has 0 bridgehead atoms. The third-order valence-electron chi connectivity index (χ3n) is 4.50. The largest absolute Gasteiger partial charge is 0.305 e. The zero-order valence-corrected chi connectivity index (χ0v) is 14.3. The molecule has 6 nitrogen and oxygen atoms in total. The molecule has 8 heteroatoms. The lowest BCUT2D eigenvalue weighted by molar-refractivity contribution is -0.386. The number of hydrogen-bond acceptors (Lipinski definition) is 4. The van der Waals surface area contributed by atoms with Crippen molar-refractivity contribution in [3.8, 4) is 0 Å². The summed E-state index contributed by atoms with van der Waals surface area (Å²) in [5.74, 6) is 0. The lowest BCUT2D eigenvalue weighted by atomic mass is 9.81. The number of benzene rings is 1. The number of carbonyl (C=O) groups is 1. The molecule has 126 valence electrons. The molecule has 0 spiro atoms. The SMILES string of the molecule is CCc1cc(C2(S(=O)O)CCCCC2)c([N+](=O)[O-])cc1C(=O)Cl. The van der Waals surface area contributed by atoms with E-state index >= 15 is 0 Å². The van der Waals surface area contributed by atoms with Gasteiger partial charge in [0.2, 0.25) is 0 Å². The van der Waals surface area contributed by atoms with Crippen LogP contribution >= 0.6 is 11.6 Å². The molecule has 2 rings (SSSR count). The third-order valence-corrected chi connectivity index (χ3v) is 6.00. The van der Waals surface area contributed by atoms with E-state index in [0.29, 0.717) is 24.8 Å². The minimum atomic E-state index is -2.24. The van der Waals surface area contributed by atoms with Gasteiger partial charge in [-0.1, -0.05) is 26.2 Å². The molecule has 0 heterocycles. The van der Waals surface area contributed by atoms with Crippen LogP contribution in [0.2, 0.25) is 0 Å². The molecule has 0 amide bonds. The van der Waals surface area contributed by atoms with E-state index in [9.17, 15) is 23.7 Å². The number of nitrogens with zero attached hydrogens (tertiary/aromatic N) is 1. The molecule has 1 N–H and O–H groups in total. The predicted octanol–water partition coefficient (Wildman–Crippen LogP) is 3.92. The molecule has 0 aromatic heterocycles. The van der Waals surface area contributed by atoms with Crippen molar-refractivity contribution in [1.29, 1.82) is 0 Å². The van der Waals surface area contributed by atoms with Crippen LogP contribution in [0.25, 0.3) is 0 Å². The molecule has 0 aliphatic heterocycles. The molecule has 23 heavy (non-hydrogen) atoms. The summed E-state index contributed by atoms with van der Waals surface area (Å²) in [6.07, 6.45) is 3.68. The van der Waals surface area contributed by atoms with E-state index in [-0.39, 0.29) is 16.8 Å². The molecule has 1 aliphatic carbocycles. The average molecular weight is 360 g/mol. The Kier molecular flexibility index (Phi) is 5.54. The van der Waals surface area contributed by atoms with Crippen molar-refractivity contribution in [2.45, 2.75) is 50.2 Å². The van der Waals surface area contributed by atoms with Gasteiger partial charge in [0.15, 0.2) is 11.1 Å².